The number of nitrogens with zero attached hydrogens (tertiary/aromatic N) is 1. The summed E-state index contributed by atoms with van der Waals surface area (Å²) in [7, 11) is 0. The quantitative estimate of drug-likeness (QED) is 0.598. The molecule has 1 aliphatic carbocycles. The first kappa shape index (κ1) is 21.2. The van der Waals surface area contributed by atoms with Crippen LogP contribution in [0, 0.1) is 11.7 Å². The van der Waals surface area contributed by atoms with Crippen molar-refractivity contribution in [3.05, 3.63) is 95.3 Å². The normalized spacial score (nSPS) is 17.2. The second kappa shape index (κ2) is 9.06. The average Bonchev–Trinajstić information content (AvgIpc) is 3.68. The van der Waals surface area contributed by atoms with Crippen molar-refractivity contribution < 1.29 is 18.7 Å². The van der Waals surface area contributed by atoms with Gasteiger partial charge >= 0.3 is 0 Å². The maximum absolute atomic E-state index is 13.6. The zero-order valence-electron chi connectivity index (χ0n) is 18.2. The minimum Gasteiger partial charge on any atom is -0.484 e. The topological polar surface area (TPSA) is 58.6 Å². The lowest BCUT2D eigenvalue weighted by atomic mass is 9.87. The van der Waals surface area contributed by atoms with E-state index in [0.717, 1.165) is 36.0 Å². The maximum atomic E-state index is 13.6. The fourth-order valence-corrected chi connectivity index (χ4v) is 4.36. The Morgan fingerprint density at radius 1 is 1.00 bits per heavy atom. The van der Waals surface area contributed by atoms with Crippen molar-refractivity contribution in [3.63, 3.8) is 0 Å². The lowest BCUT2D eigenvalue weighted by Crippen LogP contribution is -2.41. The predicted octanol–water partition coefficient (Wildman–Crippen LogP) is 4.73. The molecule has 6 heteroatoms. The number of halogens is 1. The molecule has 0 radical (unpaired) electrons. The Kier molecular flexibility index (Phi) is 5.82. The number of hydrogen-bond acceptors (Lipinski definition) is 3. The van der Waals surface area contributed by atoms with E-state index in [1.165, 1.54) is 12.1 Å². The standard InChI is InChI=1S/C27H25FN2O3/c28-21-11-8-19(9-12-21)26-24-16-23(33-17-25(31)29-22-4-2-1-3-5-22)13-10-18(24)14-15-30(26)27(32)20-6-7-20/h1-5,8-13,16,20,26H,6-7,14-15,17H2,(H,29,31)/t26-/m0/s1. The van der Waals surface area contributed by atoms with Crippen LogP contribution < -0.4 is 10.1 Å². The number of carbonyl (C=O) groups is 2. The minimum absolute atomic E-state index is 0.0932. The van der Waals surface area contributed by atoms with Gasteiger partial charge in [-0.05, 0) is 72.4 Å². The molecule has 0 saturated heterocycles. The SMILES string of the molecule is O=C(COc1ccc2c(c1)[C@H](c1ccc(F)cc1)N(C(=O)C1CC1)CC2)Nc1ccccc1. The summed E-state index contributed by atoms with van der Waals surface area (Å²) >= 11 is 0. The van der Waals surface area contributed by atoms with E-state index in [9.17, 15) is 14.0 Å². The molecular formula is C27H25FN2O3. The highest BCUT2D eigenvalue weighted by Crippen LogP contribution is 2.41. The van der Waals surface area contributed by atoms with Crippen molar-refractivity contribution >= 4 is 17.5 Å². The zero-order chi connectivity index (χ0) is 22.8. The molecule has 1 atom stereocenters. The van der Waals surface area contributed by atoms with E-state index >= 15 is 0 Å². The molecule has 5 rings (SSSR count). The van der Waals surface area contributed by atoms with E-state index in [-0.39, 0.29) is 36.2 Å². The van der Waals surface area contributed by atoms with Gasteiger partial charge in [-0.25, -0.2) is 4.39 Å². The van der Waals surface area contributed by atoms with Gasteiger partial charge < -0.3 is 15.0 Å². The molecule has 0 unspecified atom stereocenters. The number of anilines is 1. The van der Waals surface area contributed by atoms with Crippen LogP contribution in [0.5, 0.6) is 5.75 Å². The minimum atomic E-state index is -0.309. The zero-order valence-corrected chi connectivity index (χ0v) is 18.2. The lowest BCUT2D eigenvalue weighted by Gasteiger charge is -2.38. The van der Waals surface area contributed by atoms with Gasteiger partial charge in [-0.3, -0.25) is 9.59 Å². The monoisotopic (exact) mass is 444 g/mol. The molecule has 2 aliphatic rings. The second-order valence-electron chi connectivity index (χ2n) is 8.57. The first-order valence-corrected chi connectivity index (χ1v) is 11.2. The largest absolute Gasteiger partial charge is 0.484 e. The Hall–Kier alpha value is -3.67. The molecule has 1 saturated carbocycles. The fourth-order valence-electron chi connectivity index (χ4n) is 4.36. The van der Waals surface area contributed by atoms with Crippen LogP contribution in [0.2, 0.25) is 0 Å². The third-order valence-corrected chi connectivity index (χ3v) is 6.17. The van der Waals surface area contributed by atoms with Crippen molar-refractivity contribution in [1.29, 1.82) is 0 Å². The van der Waals surface area contributed by atoms with Crippen LogP contribution in [-0.2, 0) is 16.0 Å². The van der Waals surface area contributed by atoms with Crippen LogP contribution in [-0.4, -0.2) is 29.9 Å². The molecule has 0 bridgehead atoms. The molecule has 168 valence electrons. The number of hydrogen-bond donors (Lipinski definition) is 1. The molecule has 3 aromatic rings. The van der Waals surface area contributed by atoms with Gasteiger partial charge in [-0.1, -0.05) is 36.4 Å². The molecule has 33 heavy (non-hydrogen) atoms. The van der Waals surface area contributed by atoms with E-state index in [2.05, 4.69) is 5.32 Å². The Balaban J connectivity index is 1.38. The third kappa shape index (κ3) is 4.75. The summed E-state index contributed by atoms with van der Waals surface area (Å²) in [5, 5.41) is 2.80. The van der Waals surface area contributed by atoms with Gasteiger partial charge in [0.2, 0.25) is 5.91 Å². The van der Waals surface area contributed by atoms with E-state index in [4.69, 9.17) is 4.74 Å². The Morgan fingerprint density at radius 3 is 2.48 bits per heavy atom. The third-order valence-electron chi connectivity index (χ3n) is 6.17. The van der Waals surface area contributed by atoms with Gasteiger partial charge in [0.25, 0.3) is 5.91 Å². The van der Waals surface area contributed by atoms with Crippen molar-refractivity contribution in [3.8, 4) is 5.75 Å². The van der Waals surface area contributed by atoms with Crippen molar-refractivity contribution in [2.75, 3.05) is 18.5 Å². The van der Waals surface area contributed by atoms with Crippen LogP contribution in [0.25, 0.3) is 0 Å². The molecule has 1 N–H and O–H groups in total. The molecule has 0 spiro atoms. The van der Waals surface area contributed by atoms with Gasteiger partial charge in [0.15, 0.2) is 6.61 Å². The summed E-state index contributed by atoms with van der Waals surface area (Å²) in [6, 6.07) is 21.0. The maximum Gasteiger partial charge on any atom is 0.262 e. The fraction of sp³-hybridized carbons (Fsp3) is 0.259. The van der Waals surface area contributed by atoms with E-state index in [1.807, 2.05) is 53.4 Å². The Bertz CT molecular complexity index is 1160. The highest BCUT2D eigenvalue weighted by atomic mass is 19.1. The molecule has 2 amide bonds. The van der Waals surface area contributed by atoms with Gasteiger partial charge in [0, 0.05) is 18.2 Å². The highest BCUT2D eigenvalue weighted by molar-refractivity contribution is 5.91. The molecule has 0 aromatic heterocycles. The highest BCUT2D eigenvalue weighted by Gasteiger charge is 2.39. The summed E-state index contributed by atoms with van der Waals surface area (Å²) in [6.45, 7) is 0.504. The smallest absolute Gasteiger partial charge is 0.262 e. The Morgan fingerprint density at radius 2 is 1.76 bits per heavy atom. The number of rotatable bonds is 6. The van der Waals surface area contributed by atoms with Gasteiger partial charge in [0.05, 0.1) is 6.04 Å². The number of amides is 2. The number of nitrogens with one attached hydrogen (secondary N) is 1. The van der Waals surface area contributed by atoms with Crippen LogP contribution in [0.3, 0.4) is 0 Å². The van der Waals surface area contributed by atoms with E-state index < -0.39 is 0 Å². The lowest BCUT2D eigenvalue weighted by molar-refractivity contribution is -0.134. The summed E-state index contributed by atoms with van der Waals surface area (Å²) in [4.78, 5) is 27.3. The molecule has 1 aliphatic heterocycles. The summed E-state index contributed by atoms with van der Waals surface area (Å²) in [5.41, 5.74) is 3.67. The summed E-state index contributed by atoms with van der Waals surface area (Å²) in [6.07, 6.45) is 2.61. The number of benzene rings is 3. The number of para-hydroxylation sites is 1. The van der Waals surface area contributed by atoms with Crippen molar-refractivity contribution in [2.24, 2.45) is 5.92 Å². The van der Waals surface area contributed by atoms with Gasteiger partial charge in [-0.15, -0.1) is 0 Å². The number of fused-ring (bicyclic) bond motifs is 1. The molecule has 1 fully saturated rings. The first-order chi connectivity index (χ1) is 16.1. The molecular weight excluding hydrogens is 419 g/mol. The van der Waals surface area contributed by atoms with Crippen LogP contribution in [0.15, 0.2) is 72.8 Å². The summed E-state index contributed by atoms with van der Waals surface area (Å²) < 4.78 is 19.4. The van der Waals surface area contributed by atoms with Crippen LogP contribution >= 0.6 is 0 Å². The van der Waals surface area contributed by atoms with Gasteiger partial charge in [-0.2, -0.15) is 0 Å². The van der Waals surface area contributed by atoms with Crippen molar-refractivity contribution in [2.45, 2.75) is 25.3 Å². The van der Waals surface area contributed by atoms with Crippen LogP contribution in [0.1, 0.15) is 35.6 Å². The number of carbonyl (C=O) groups excluding carboxylic acids is 2. The van der Waals surface area contributed by atoms with E-state index in [0.29, 0.717) is 18.0 Å². The van der Waals surface area contributed by atoms with Gasteiger partial charge in [0.1, 0.15) is 11.6 Å². The Labute approximate surface area is 192 Å². The average molecular weight is 445 g/mol. The summed E-state index contributed by atoms with van der Waals surface area (Å²) in [5.74, 6) is 0.250. The van der Waals surface area contributed by atoms with E-state index in [1.54, 1.807) is 12.1 Å². The molecule has 3 aromatic carbocycles. The first-order valence-electron chi connectivity index (χ1n) is 11.2. The molecule has 5 nitrogen and oxygen atoms in total. The van der Waals surface area contributed by atoms with Crippen LogP contribution in [0.4, 0.5) is 10.1 Å². The molecule has 1 heterocycles. The predicted molar refractivity (Wildman–Crippen MR) is 123 cm³/mol. The number of ether oxygens (including phenoxy) is 1. The second-order valence-corrected chi connectivity index (χ2v) is 8.57. The van der Waals surface area contributed by atoms with Crippen molar-refractivity contribution in [1.82, 2.24) is 4.90 Å².